The van der Waals surface area contributed by atoms with E-state index in [1.165, 1.54) is 0 Å². The van der Waals surface area contributed by atoms with Gasteiger partial charge in [-0.15, -0.1) is 70.8 Å². The van der Waals surface area contributed by atoms with Crippen LogP contribution < -0.4 is 9.47 Å². The number of hydrogen-bond donors (Lipinski definition) is 0. The minimum atomic E-state index is -0.415. The first-order valence-corrected chi connectivity index (χ1v) is 11.4. The van der Waals surface area contributed by atoms with Gasteiger partial charge in [0, 0.05) is 34.4 Å². The summed E-state index contributed by atoms with van der Waals surface area (Å²) in [7, 11) is 3.38. The van der Waals surface area contributed by atoms with Crippen molar-refractivity contribution in [2.45, 2.75) is 38.5 Å². The summed E-state index contributed by atoms with van der Waals surface area (Å²) in [6, 6.07) is 27.6. The molecule has 2 aromatic carbocycles. The van der Waals surface area contributed by atoms with E-state index in [0.717, 1.165) is 56.5 Å². The number of aromatic nitrogens is 2. The van der Waals surface area contributed by atoms with E-state index in [1.807, 2.05) is 36.4 Å². The molecule has 0 spiro atoms. The maximum atomic E-state index is 5.67. The summed E-state index contributed by atoms with van der Waals surface area (Å²) in [6.07, 6.45) is 0. The predicted molar refractivity (Wildman–Crippen MR) is 134 cm³/mol. The zero-order valence-corrected chi connectivity index (χ0v) is 23.1. The second-order valence-electron chi connectivity index (χ2n) is 9.76. The molecule has 0 radical (unpaired) electrons. The molecule has 5 heteroatoms. The van der Waals surface area contributed by atoms with Crippen molar-refractivity contribution in [2.75, 3.05) is 14.2 Å². The number of benzene rings is 2. The Morgan fingerprint density at radius 2 is 1.03 bits per heavy atom. The van der Waals surface area contributed by atoms with Crippen LogP contribution >= 0.6 is 0 Å². The van der Waals surface area contributed by atoms with Gasteiger partial charge in [-0.2, -0.15) is 0 Å². The van der Waals surface area contributed by atoms with Crippen molar-refractivity contribution in [2.24, 2.45) is 0 Å². The Bertz CT molecular complexity index is 1290. The van der Waals surface area contributed by atoms with E-state index >= 15 is 0 Å². The monoisotopic (exact) mass is 643 g/mol. The van der Waals surface area contributed by atoms with Gasteiger partial charge in [-0.3, -0.25) is 0 Å². The van der Waals surface area contributed by atoms with E-state index in [4.69, 9.17) is 19.4 Å². The molecule has 0 N–H and O–H groups in total. The van der Waals surface area contributed by atoms with Gasteiger partial charge in [-0.25, -0.2) is 0 Å². The molecule has 180 valence electrons. The normalized spacial score (nSPS) is 14.8. The molecule has 0 aliphatic carbocycles. The summed E-state index contributed by atoms with van der Waals surface area (Å²) in [5.74, 6) is 1.54. The van der Waals surface area contributed by atoms with Crippen LogP contribution in [0.2, 0.25) is 0 Å². The number of fused-ring (bicyclic) bond motifs is 10. The third-order valence-electron chi connectivity index (χ3n) is 6.84. The maximum absolute atomic E-state index is 5.67. The summed E-state index contributed by atoms with van der Waals surface area (Å²) < 4.78 is 11.3. The number of ether oxygens (including phenoxy) is 2. The van der Waals surface area contributed by atoms with E-state index in [1.54, 1.807) is 14.2 Å². The maximum Gasteiger partial charge on any atom is 2.00 e. The summed E-state index contributed by atoms with van der Waals surface area (Å²) in [4.78, 5) is 10.2. The van der Waals surface area contributed by atoms with Crippen LogP contribution in [0.5, 0.6) is 11.5 Å². The number of rotatable bonds is 2. The molecule has 0 amide bonds. The molecule has 0 unspecified atom stereocenters. The topological polar surface area (TPSA) is 44.2 Å². The van der Waals surface area contributed by atoms with Crippen LogP contribution in [0.1, 0.15) is 50.2 Å². The molecule has 0 atom stereocenters. The van der Waals surface area contributed by atoms with Crippen molar-refractivity contribution in [3.8, 4) is 34.0 Å². The van der Waals surface area contributed by atoms with Crippen molar-refractivity contribution in [3.05, 3.63) is 95.3 Å². The molecule has 8 bridgehead atoms. The zero-order chi connectivity index (χ0) is 24.1. The van der Waals surface area contributed by atoms with Gasteiger partial charge >= 0.3 is 21.1 Å². The number of nitrogens with zero attached hydrogens (tertiary/aromatic N) is 2. The Labute approximate surface area is 222 Å². The summed E-state index contributed by atoms with van der Waals surface area (Å²) >= 11 is 0. The molecular weight excluding hydrogens is 615 g/mol. The predicted octanol–water partition coefficient (Wildman–Crippen LogP) is 6.39. The van der Waals surface area contributed by atoms with Crippen LogP contribution in [0.3, 0.4) is 0 Å². The van der Waals surface area contributed by atoms with Crippen LogP contribution in [-0.2, 0) is 31.9 Å². The zero-order valence-electron chi connectivity index (χ0n) is 20.8. The molecule has 5 rings (SSSR count). The van der Waals surface area contributed by atoms with Gasteiger partial charge in [0.25, 0.3) is 0 Å². The Kier molecular flexibility index (Phi) is 6.63. The van der Waals surface area contributed by atoms with E-state index in [9.17, 15) is 0 Å². The standard InChI is InChI=1S/C30H28N2O2.Pt/c1-29(2)21-11-7-9-19(13-21)26-16-24(34-6)18-28(32-26)30(3,4)22-12-8-10-20(14-22)25-15-23(33-5)17-27(29)31-25;/h7-12,15-18H,1-6H3;/q-2;+2. The largest absolute Gasteiger partial charge is 2.00 e. The molecule has 1 aliphatic rings. The van der Waals surface area contributed by atoms with E-state index in [-0.39, 0.29) is 21.1 Å². The first kappa shape index (κ1) is 25.1. The first-order valence-electron chi connectivity index (χ1n) is 11.4. The summed E-state index contributed by atoms with van der Waals surface area (Å²) in [5, 5.41) is 0. The van der Waals surface area contributed by atoms with Crippen molar-refractivity contribution >= 4 is 0 Å². The molecule has 3 heterocycles. The van der Waals surface area contributed by atoms with Gasteiger partial charge in [-0.1, -0.05) is 27.7 Å². The minimum Gasteiger partial charge on any atom is -0.497 e. The van der Waals surface area contributed by atoms with Gasteiger partial charge < -0.3 is 19.4 Å². The Balaban J connectivity index is 0.00000289. The fourth-order valence-electron chi connectivity index (χ4n) is 4.40. The molecule has 4 aromatic rings. The third kappa shape index (κ3) is 4.41. The molecule has 0 saturated heterocycles. The van der Waals surface area contributed by atoms with E-state index < -0.39 is 10.8 Å². The molecule has 4 nitrogen and oxygen atoms in total. The average molecular weight is 644 g/mol. The molecular formula is C30H28N2O2Pt. The second-order valence-corrected chi connectivity index (χ2v) is 9.76. The smallest absolute Gasteiger partial charge is 0.497 e. The fourth-order valence-corrected chi connectivity index (χ4v) is 4.40. The van der Waals surface area contributed by atoms with Crippen molar-refractivity contribution in [3.63, 3.8) is 0 Å². The molecule has 1 aliphatic heterocycles. The molecule has 2 aromatic heterocycles. The van der Waals surface area contributed by atoms with E-state index in [2.05, 4.69) is 64.1 Å². The molecule has 35 heavy (non-hydrogen) atoms. The number of pyridine rings is 2. The van der Waals surface area contributed by atoms with Gasteiger partial charge in [-0.05, 0) is 23.5 Å². The summed E-state index contributed by atoms with van der Waals surface area (Å²) in [6.45, 7) is 8.64. The SMILES string of the molecule is COc1cc2nc(c1)C(C)(C)c1[c-]c(ccc1)-c1cc(OC)cc(n1)C(C)(C)c1[c-]c-2ccc1.[Pt+2]. The van der Waals surface area contributed by atoms with Gasteiger partial charge in [0.2, 0.25) is 0 Å². The van der Waals surface area contributed by atoms with Crippen LogP contribution in [-0.4, -0.2) is 24.2 Å². The average Bonchev–Trinajstić information content (AvgIpc) is 2.87. The van der Waals surface area contributed by atoms with Crippen LogP contribution in [0.15, 0.2) is 60.7 Å². The van der Waals surface area contributed by atoms with Crippen LogP contribution in [0.25, 0.3) is 22.5 Å². The van der Waals surface area contributed by atoms with Gasteiger partial charge in [0.1, 0.15) is 11.5 Å². The Hall–Kier alpha value is -2.97. The van der Waals surface area contributed by atoms with Gasteiger partial charge in [0.15, 0.2) is 0 Å². The Morgan fingerprint density at radius 1 is 0.629 bits per heavy atom. The van der Waals surface area contributed by atoms with Gasteiger partial charge in [0.05, 0.1) is 14.2 Å². The Morgan fingerprint density at radius 3 is 1.40 bits per heavy atom. The summed E-state index contributed by atoms with van der Waals surface area (Å²) in [5.41, 5.74) is 6.52. The van der Waals surface area contributed by atoms with Crippen LogP contribution in [0.4, 0.5) is 0 Å². The first-order chi connectivity index (χ1) is 16.2. The molecule has 0 saturated carbocycles. The van der Waals surface area contributed by atoms with Crippen LogP contribution in [0, 0.1) is 12.1 Å². The minimum absolute atomic E-state index is 0. The van der Waals surface area contributed by atoms with Crippen molar-refractivity contribution in [1.82, 2.24) is 9.97 Å². The van der Waals surface area contributed by atoms with Crippen molar-refractivity contribution in [1.29, 1.82) is 0 Å². The second kappa shape index (κ2) is 9.24. The van der Waals surface area contributed by atoms with E-state index in [0.29, 0.717) is 0 Å². The fraction of sp³-hybridized carbons (Fsp3) is 0.267. The number of hydrogen-bond acceptors (Lipinski definition) is 4. The third-order valence-corrected chi connectivity index (χ3v) is 6.84. The van der Waals surface area contributed by atoms with Crippen molar-refractivity contribution < 1.29 is 30.5 Å². The quantitative estimate of drug-likeness (QED) is 0.238. The molecule has 0 fully saturated rings. The number of methoxy groups -OCH3 is 2.